The first kappa shape index (κ1) is 8.20. The van der Waals surface area contributed by atoms with E-state index in [2.05, 4.69) is 10.4 Å². The van der Waals surface area contributed by atoms with E-state index in [1.165, 1.54) is 17.8 Å². The van der Waals surface area contributed by atoms with E-state index >= 15 is 0 Å². The third-order valence-corrected chi connectivity index (χ3v) is 3.27. The monoisotopic (exact) mass is 183 g/mol. The summed E-state index contributed by atoms with van der Waals surface area (Å²) in [5.74, 6) is 0.948. The second-order valence-corrected chi connectivity index (χ2v) is 4.36. The Morgan fingerprint density at radius 1 is 1.75 bits per heavy atom. The first-order valence-corrected chi connectivity index (χ1v) is 5.25. The molecule has 0 amide bonds. The summed E-state index contributed by atoms with van der Waals surface area (Å²) in [6, 6.07) is 0. The van der Waals surface area contributed by atoms with Crippen LogP contribution in [0.1, 0.15) is 42.3 Å². The van der Waals surface area contributed by atoms with Crippen LogP contribution in [0.2, 0.25) is 0 Å². The molecule has 0 spiro atoms. The van der Waals surface area contributed by atoms with Gasteiger partial charge in [-0.3, -0.25) is 0 Å². The number of rotatable bonds is 3. The maximum absolute atomic E-state index is 8.92. The second kappa shape index (κ2) is 3.15. The predicted molar refractivity (Wildman–Crippen MR) is 49.6 cm³/mol. The van der Waals surface area contributed by atoms with Crippen molar-refractivity contribution in [2.45, 2.75) is 31.6 Å². The molecule has 3 heteroatoms. The zero-order valence-electron chi connectivity index (χ0n) is 7.16. The van der Waals surface area contributed by atoms with Crippen LogP contribution in [0.4, 0.5) is 0 Å². The molecular formula is C9H13NOS. The van der Waals surface area contributed by atoms with Gasteiger partial charge in [-0.15, -0.1) is 11.3 Å². The highest BCUT2D eigenvalue weighted by molar-refractivity contribution is 7.09. The van der Waals surface area contributed by atoms with Crippen molar-refractivity contribution in [3.05, 3.63) is 16.1 Å². The largest absolute Gasteiger partial charge is 0.396 e. The maximum Gasteiger partial charge on any atom is 0.0959 e. The second-order valence-electron chi connectivity index (χ2n) is 3.47. The Kier molecular flexibility index (Phi) is 2.15. The molecule has 0 radical (unpaired) electrons. The Morgan fingerprint density at radius 3 is 3.08 bits per heavy atom. The van der Waals surface area contributed by atoms with Crippen molar-refractivity contribution in [2.75, 3.05) is 6.61 Å². The minimum Gasteiger partial charge on any atom is -0.396 e. The smallest absolute Gasteiger partial charge is 0.0959 e. The summed E-state index contributed by atoms with van der Waals surface area (Å²) < 4.78 is 0. The van der Waals surface area contributed by atoms with Gasteiger partial charge in [-0.25, -0.2) is 4.98 Å². The quantitative estimate of drug-likeness (QED) is 0.778. The molecule has 1 unspecified atom stereocenters. The fourth-order valence-corrected chi connectivity index (χ4v) is 2.25. The van der Waals surface area contributed by atoms with Crippen LogP contribution in [-0.4, -0.2) is 16.7 Å². The molecule has 12 heavy (non-hydrogen) atoms. The molecule has 0 bridgehead atoms. The molecule has 66 valence electrons. The first-order valence-electron chi connectivity index (χ1n) is 4.37. The van der Waals surface area contributed by atoms with E-state index in [1.54, 1.807) is 11.3 Å². The molecule has 1 N–H and O–H groups in total. The molecule has 1 heterocycles. The van der Waals surface area contributed by atoms with E-state index in [4.69, 9.17) is 5.11 Å². The summed E-state index contributed by atoms with van der Waals surface area (Å²) in [5.41, 5.74) is 1.06. The van der Waals surface area contributed by atoms with Gasteiger partial charge in [0.05, 0.1) is 17.3 Å². The topological polar surface area (TPSA) is 33.1 Å². The van der Waals surface area contributed by atoms with Crippen molar-refractivity contribution in [1.82, 2.24) is 4.98 Å². The number of nitrogens with zero attached hydrogens (tertiary/aromatic N) is 1. The Bertz CT molecular complexity index is 267. The lowest BCUT2D eigenvalue weighted by molar-refractivity contribution is 0.271. The maximum atomic E-state index is 8.92. The average Bonchev–Trinajstić information content (AvgIpc) is 2.83. The molecule has 1 aliphatic rings. The molecular weight excluding hydrogens is 170 g/mol. The predicted octanol–water partition coefficient (Wildman–Crippen LogP) is 2.12. The molecule has 1 aromatic heterocycles. The van der Waals surface area contributed by atoms with Crippen LogP contribution < -0.4 is 0 Å². The zero-order chi connectivity index (χ0) is 8.55. The Morgan fingerprint density at radius 2 is 2.50 bits per heavy atom. The Balaban J connectivity index is 2.12. The summed E-state index contributed by atoms with van der Waals surface area (Å²) in [6.45, 7) is 2.21. The minimum atomic E-state index is 0.202. The SMILES string of the molecule is CC(CO)c1csc(C2CC2)n1. The van der Waals surface area contributed by atoms with Gasteiger partial charge in [-0.05, 0) is 12.8 Å². The van der Waals surface area contributed by atoms with Gasteiger partial charge in [-0.2, -0.15) is 0 Å². The standard InChI is InChI=1S/C9H13NOS/c1-6(4-11)8-5-12-9(10-8)7-2-3-7/h5-7,11H,2-4H2,1H3. The molecule has 0 saturated heterocycles. The number of hydrogen-bond donors (Lipinski definition) is 1. The van der Waals surface area contributed by atoms with Crippen LogP contribution in [0.5, 0.6) is 0 Å². The number of hydrogen-bond acceptors (Lipinski definition) is 3. The summed E-state index contributed by atoms with van der Waals surface area (Å²) in [4.78, 5) is 4.50. The number of thiazole rings is 1. The van der Waals surface area contributed by atoms with Gasteiger partial charge in [0, 0.05) is 17.2 Å². The van der Waals surface area contributed by atoms with Crippen LogP contribution in [0.15, 0.2) is 5.38 Å². The number of aliphatic hydroxyl groups is 1. The lowest BCUT2D eigenvalue weighted by atomic mass is 10.1. The van der Waals surface area contributed by atoms with Crippen molar-refractivity contribution < 1.29 is 5.11 Å². The van der Waals surface area contributed by atoms with Crippen LogP contribution in [0, 0.1) is 0 Å². The third kappa shape index (κ3) is 1.52. The fourth-order valence-electron chi connectivity index (χ4n) is 1.14. The van der Waals surface area contributed by atoms with Crippen LogP contribution in [-0.2, 0) is 0 Å². The molecule has 1 aliphatic carbocycles. The molecule has 2 rings (SSSR count). The van der Waals surface area contributed by atoms with Crippen LogP contribution >= 0.6 is 11.3 Å². The molecule has 0 aliphatic heterocycles. The van der Waals surface area contributed by atoms with E-state index in [1.807, 2.05) is 6.92 Å². The van der Waals surface area contributed by atoms with Gasteiger partial charge in [0.25, 0.3) is 0 Å². The Labute approximate surface area is 76.3 Å². The molecule has 1 aromatic rings. The Hall–Kier alpha value is -0.410. The average molecular weight is 183 g/mol. The van der Waals surface area contributed by atoms with Crippen LogP contribution in [0.3, 0.4) is 0 Å². The van der Waals surface area contributed by atoms with E-state index in [9.17, 15) is 0 Å². The van der Waals surface area contributed by atoms with Crippen molar-refractivity contribution in [2.24, 2.45) is 0 Å². The third-order valence-electron chi connectivity index (χ3n) is 2.25. The van der Waals surface area contributed by atoms with Gasteiger partial charge in [-0.1, -0.05) is 6.92 Å². The molecule has 1 fully saturated rings. The van der Waals surface area contributed by atoms with Gasteiger partial charge >= 0.3 is 0 Å². The van der Waals surface area contributed by atoms with Crippen molar-refractivity contribution in [3.63, 3.8) is 0 Å². The minimum absolute atomic E-state index is 0.202. The highest BCUT2D eigenvalue weighted by Gasteiger charge is 2.27. The molecule has 0 aromatic carbocycles. The highest BCUT2D eigenvalue weighted by Crippen LogP contribution is 2.41. The van der Waals surface area contributed by atoms with Crippen LogP contribution in [0.25, 0.3) is 0 Å². The lowest BCUT2D eigenvalue weighted by Gasteiger charge is -2.01. The molecule has 2 nitrogen and oxygen atoms in total. The summed E-state index contributed by atoms with van der Waals surface area (Å²) >= 11 is 1.74. The van der Waals surface area contributed by atoms with E-state index in [-0.39, 0.29) is 12.5 Å². The van der Waals surface area contributed by atoms with Gasteiger partial charge in [0.15, 0.2) is 0 Å². The van der Waals surface area contributed by atoms with Crippen molar-refractivity contribution >= 4 is 11.3 Å². The summed E-state index contributed by atoms with van der Waals surface area (Å²) in [5, 5.41) is 12.3. The normalized spacial score (nSPS) is 19.5. The van der Waals surface area contributed by atoms with E-state index in [0.717, 1.165) is 11.6 Å². The summed E-state index contributed by atoms with van der Waals surface area (Å²) in [6.07, 6.45) is 2.61. The van der Waals surface area contributed by atoms with Crippen molar-refractivity contribution in [1.29, 1.82) is 0 Å². The fraction of sp³-hybridized carbons (Fsp3) is 0.667. The lowest BCUT2D eigenvalue weighted by Crippen LogP contribution is -1.98. The number of aliphatic hydroxyl groups excluding tert-OH is 1. The van der Waals surface area contributed by atoms with E-state index < -0.39 is 0 Å². The molecule has 1 saturated carbocycles. The van der Waals surface area contributed by atoms with Gasteiger partial charge < -0.3 is 5.11 Å². The summed E-state index contributed by atoms with van der Waals surface area (Å²) in [7, 11) is 0. The van der Waals surface area contributed by atoms with E-state index in [0.29, 0.717) is 0 Å². The van der Waals surface area contributed by atoms with Crippen molar-refractivity contribution in [3.8, 4) is 0 Å². The van der Waals surface area contributed by atoms with Gasteiger partial charge in [0.1, 0.15) is 0 Å². The number of aromatic nitrogens is 1. The first-order chi connectivity index (χ1) is 5.81. The highest BCUT2D eigenvalue weighted by atomic mass is 32.1. The van der Waals surface area contributed by atoms with Gasteiger partial charge in [0.2, 0.25) is 0 Å². The molecule has 1 atom stereocenters. The zero-order valence-corrected chi connectivity index (χ0v) is 7.97.